The second-order valence-corrected chi connectivity index (χ2v) is 24.6. The molecule has 364 valence electrons. The molecule has 0 atom stereocenters. The third kappa shape index (κ3) is 61.6. The van der Waals surface area contributed by atoms with Crippen LogP contribution in [0.3, 0.4) is 0 Å². The minimum absolute atomic E-state index is 0.0949. The number of ketones is 5. The molecule has 0 spiro atoms. The number of nitrogens with one attached hydrogen (secondary N) is 1. The first-order chi connectivity index (χ1) is 26.4. The zero-order valence-corrected chi connectivity index (χ0v) is 45.5. The summed E-state index contributed by atoms with van der Waals surface area (Å²) in [4.78, 5) is 68.8. The van der Waals surface area contributed by atoms with Gasteiger partial charge in [0.15, 0.2) is 11.6 Å². The lowest BCUT2D eigenvalue weighted by Gasteiger charge is -2.29. The largest absolute Gasteiger partial charge is 0.300 e. The van der Waals surface area contributed by atoms with E-state index in [2.05, 4.69) is 65.0 Å². The van der Waals surface area contributed by atoms with E-state index in [1.54, 1.807) is 14.0 Å². The van der Waals surface area contributed by atoms with Gasteiger partial charge < -0.3 is 4.79 Å². The number of sulfonamides is 1. The van der Waals surface area contributed by atoms with Gasteiger partial charge in [-0.2, -0.15) is 4.31 Å². The zero-order valence-electron chi connectivity index (χ0n) is 44.6. The number of carbonyl (C=O) groups excluding carboxylic acids is 6. The van der Waals surface area contributed by atoms with E-state index in [9.17, 15) is 37.2 Å². The lowest BCUT2D eigenvalue weighted by molar-refractivity contribution is -0.139. The molecule has 0 aromatic heterocycles. The lowest BCUT2D eigenvalue weighted by Crippen LogP contribution is -2.41. The summed E-state index contributed by atoms with van der Waals surface area (Å²) >= 11 is 0. The fraction of sp³-hybridized carbons (Fsp3) is 0.796. The summed E-state index contributed by atoms with van der Waals surface area (Å²) in [5.74, 6) is 1.09. The molecule has 0 bridgehead atoms. The second kappa shape index (κ2) is 31.9. The molecule has 0 aliphatic heterocycles. The highest BCUT2D eigenvalue weighted by Crippen LogP contribution is 2.20. The summed E-state index contributed by atoms with van der Waals surface area (Å²) < 4.78 is 23.2. The molecular formula is C49H98N2O9S. The Bertz CT molecular complexity index is 1410. The average Bonchev–Trinajstić information content (AvgIpc) is 3.00. The smallest absolute Gasteiger partial charge is 0.248 e. The lowest BCUT2D eigenvalue weighted by atomic mass is 9.89. The van der Waals surface area contributed by atoms with Crippen molar-refractivity contribution >= 4 is 44.8 Å². The summed E-state index contributed by atoms with van der Waals surface area (Å²) in [6.45, 7) is 53.2. The first-order valence-electron chi connectivity index (χ1n) is 21.1. The summed E-state index contributed by atoms with van der Waals surface area (Å²) in [7, 11) is -0.0282. The molecule has 1 amide bonds. The topological polar surface area (TPSA) is 161 Å². The van der Waals surface area contributed by atoms with Crippen molar-refractivity contribution < 1.29 is 42.0 Å². The van der Waals surface area contributed by atoms with Gasteiger partial charge >= 0.3 is 0 Å². The van der Waals surface area contributed by atoms with E-state index in [0.717, 1.165) is 0 Å². The number of carbonyl (C=O) groups is 6. The second-order valence-electron chi connectivity index (χ2n) is 22.6. The third-order valence-corrected chi connectivity index (χ3v) is 8.78. The van der Waals surface area contributed by atoms with E-state index in [1.807, 2.05) is 118 Å². The Morgan fingerprint density at radius 3 is 1.00 bits per heavy atom. The standard InChI is InChI=1S/C8H16O.C8H14O.2C7H14O.C7H12O.C6H15NO2S.C6H13NO2/c2*1-5-7(9)6-8(2,3)4;1-6(8)5-7(2,3)4;2*1-5-6(8)7(2,3)4;1-6(2,3)7(4)10(5,8)9;1-6(2,3)5(8)7-9-4/h5-6H2,1-4H3;5H,1,6H2,2-4H3;2*5H2,1-4H3;5H,1H2,2-4H3;1-5H3;1-4H3,(H,7,8). The van der Waals surface area contributed by atoms with Crippen molar-refractivity contribution in [2.45, 2.75) is 204 Å². The van der Waals surface area contributed by atoms with Crippen LogP contribution in [0.1, 0.15) is 198 Å². The molecule has 0 heterocycles. The molecule has 0 saturated carbocycles. The van der Waals surface area contributed by atoms with Crippen LogP contribution in [-0.4, -0.2) is 73.5 Å². The van der Waals surface area contributed by atoms with Gasteiger partial charge in [-0.15, -0.1) is 0 Å². The van der Waals surface area contributed by atoms with E-state index in [0.29, 0.717) is 43.7 Å². The quantitative estimate of drug-likeness (QED) is 0.175. The molecular weight excluding hydrogens is 793 g/mol. The highest BCUT2D eigenvalue weighted by atomic mass is 32.2. The van der Waals surface area contributed by atoms with Crippen LogP contribution in [0.5, 0.6) is 0 Å². The van der Waals surface area contributed by atoms with Gasteiger partial charge in [0.05, 0.1) is 13.4 Å². The van der Waals surface area contributed by atoms with Gasteiger partial charge in [-0.3, -0.25) is 28.8 Å². The Morgan fingerprint density at radius 2 is 0.951 bits per heavy atom. The van der Waals surface area contributed by atoms with Gasteiger partial charge in [0.25, 0.3) is 0 Å². The van der Waals surface area contributed by atoms with Crippen LogP contribution >= 0.6 is 0 Å². The molecule has 0 aromatic carbocycles. The van der Waals surface area contributed by atoms with E-state index in [1.165, 1.54) is 29.8 Å². The molecule has 0 unspecified atom stereocenters. The Morgan fingerprint density at radius 1 is 0.590 bits per heavy atom. The maximum Gasteiger partial charge on any atom is 0.248 e. The first-order valence-corrected chi connectivity index (χ1v) is 22.9. The molecule has 0 saturated heterocycles. The van der Waals surface area contributed by atoms with Gasteiger partial charge in [-0.25, -0.2) is 13.9 Å². The fourth-order valence-electron chi connectivity index (χ4n) is 3.64. The van der Waals surface area contributed by atoms with Crippen LogP contribution in [0.2, 0.25) is 0 Å². The number of hydrogen-bond donors (Lipinski definition) is 1. The SMILES string of the molecule is C=CC(=O)C(C)(C)C.C=CC(=O)CC(C)(C)C.CC(=O)CC(C)(C)C.CCC(=O)C(C)(C)C.CCC(=O)CC(C)(C)C.CN(C(C)(C)C)S(C)(=O)=O.CONC(=O)C(C)(C)C. The van der Waals surface area contributed by atoms with E-state index in [-0.39, 0.29) is 61.3 Å². The maximum atomic E-state index is 10.9. The van der Waals surface area contributed by atoms with E-state index < -0.39 is 10.0 Å². The number of hydrogen-bond acceptors (Lipinski definition) is 9. The number of amides is 1. The van der Waals surface area contributed by atoms with Crippen LogP contribution in [0, 0.1) is 32.5 Å². The van der Waals surface area contributed by atoms with Crippen LogP contribution in [-0.2, 0) is 43.6 Å². The van der Waals surface area contributed by atoms with Crippen molar-refractivity contribution in [1.82, 2.24) is 9.79 Å². The van der Waals surface area contributed by atoms with E-state index >= 15 is 0 Å². The van der Waals surface area contributed by atoms with Gasteiger partial charge in [0.1, 0.15) is 17.3 Å². The van der Waals surface area contributed by atoms with E-state index in [4.69, 9.17) is 0 Å². The van der Waals surface area contributed by atoms with Crippen LogP contribution in [0.4, 0.5) is 0 Å². The molecule has 11 nitrogen and oxygen atoms in total. The van der Waals surface area contributed by atoms with Gasteiger partial charge in [-0.05, 0) is 56.1 Å². The van der Waals surface area contributed by atoms with Gasteiger partial charge in [0.2, 0.25) is 15.9 Å². The molecule has 1 N–H and O–H groups in total. The van der Waals surface area contributed by atoms with Crippen molar-refractivity contribution in [2.24, 2.45) is 32.5 Å². The van der Waals surface area contributed by atoms with Gasteiger partial charge in [-0.1, -0.05) is 152 Å². The minimum atomic E-state index is -3.03. The van der Waals surface area contributed by atoms with Crippen LogP contribution in [0.25, 0.3) is 0 Å². The maximum absolute atomic E-state index is 10.9. The monoisotopic (exact) mass is 891 g/mol. The molecule has 0 aliphatic rings. The number of hydroxylamine groups is 1. The number of allylic oxidation sites excluding steroid dienone is 2. The number of nitrogens with zero attached hydrogens (tertiary/aromatic N) is 1. The fourth-order valence-corrected chi connectivity index (χ4v) is 4.63. The van der Waals surface area contributed by atoms with Crippen LogP contribution < -0.4 is 5.48 Å². The zero-order chi connectivity index (χ0) is 51.4. The average molecular weight is 891 g/mol. The number of rotatable bonds is 9. The summed E-state index contributed by atoms with van der Waals surface area (Å²) in [5.41, 5.74) is 1.64. The molecule has 0 aromatic rings. The van der Waals surface area contributed by atoms with Gasteiger partial charge in [0, 0.05) is 60.9 Å². The summed E-state index contributed by atoms with van der Waals surface area (Å²) in [6.07, 6.45) is 7.28. The molecule has 0 aliphatic carbocycles. The Kier molecular flexibility index (Phi) is 38.0. The van der Waals surface area contributed by atoms with Crippen molar-refractivity contribution in [3.05, 3.63) is 25.3 Å². The molecule has 0 fully saturated rings. The molecule has 0 radical (unpaired) electrons. The Labute approximate surface area is 377 Å². The Balaban J connectivity index is -0.000000112. The molecule has 61 heavy (non-hydrogen) atoms. The predicted octanol–water partition coefficient (Wildman–Crippen LogP) is 11.8. The predicted molar refractivity (Wildman–Crippen MR) is 260 cm³/mol. The molecule has 12 heteroatoms. The summed E-state index contributed by atoms with van der Waals surface area (Å²) in [5, 5.41) is 0. The highest BCUT2D eigenvalue weighted by molar-refractivity contribution is 7.88. The third-order valence-electron chi connectivity index (χ3n) is 7.23. The highest BCUT2D eigenvalue weighted by Gasteiger charge is 2.25. The molecule has 0 rings (SSSR count). The van der Waals surface area contributed by atoms with Crippen molar-refractivity contribution in [3.8, 4) is 0 Å². The first kappa shape index (κ1) is 72.6. The van der Waals surface area contributed by atoms with Crippen LogP contribution in [0.15, 0.2) is 25.3 Å². The van der Waals surface area contributed by atoms with Crippen molar-refractivity contribution in [3.63, 3.8) is 0 Å². The van der Waals surface area contributed by atoms with Crippen molar-refractivity contribution in [1.29, 1.82) is 0 Å². The number of Topliss-reactive ketones (excluding diaryl/α,β-unsaturated/α-hetero) is 3. The van der Waals surface area contributed by atoms with Crippen molar-refractivity contribution in [2.75, 3.05) is 20.4 Å². The minimum Gasteiger partial charge on any atom is -0.300 e. The Hall–Kier alpha value is -2.83. The summed E-state index contributed by atoms with van der Waals surface area (Å²) in [6, 6.07) is 0. The normalized spacial score (nSPS) is 11.7.